The Bertz CT molecular complexity index is 1290. The zero-order chi connectivity index (χ0) is 23.3. The van der Waals surface area contributed by atoms with E-state index < -0.39 is 14.9 Å². The van der Waals surface area contributed by atoms with Gasteiger partial charge in [0.05, 0.1) is 34.5 Å². The van der Waals surface area contributed by atoms with Crippen molar-refractivity contribution in [2.45, 2.75) is 17.7 Å². The van der Waals surface area contributed by atoms with Crippen molar-refractivity contribution in [2.75, 3.05) is 12.9 Å². The van der Waals surface area contributed by atoms with E-state index in [0.29, 0.717) is 22.5 Å². The van der Waals surface area contributed by atoms with Crippen molar-refractivity contribution in [1.29, 1.82) is 5.26 Å². The van der Waals surface area contributed by atoms with E-state index in [2.05, 4.69) is 9.94 Å². The van der Waals surface area contributed by atoms with Gasteiger partial charge in [-0.25, -0.2) is 13.1 Å². The Labute approximate surface area is 183 Å². The summed E-state index contributed by atoms with van der Waals surface area (Å²) in [5, 5.41) is 22.7. The average molecular weight is 454 g/mol. The first kappa shape index (κ1) is 22.6. The summed E-state index contributed by atoms with van der Waals surface area (Å²) in [5.74, 6) is -0.321. The summed E-state index contributed by atoms with van der Waals surface area (Å²) in [7, 11) is -3.37. The summed E-state index contributed by atoms with van der Waals surface area (Å²) in [6.45, 7) is -0.200. The molecule has 0 radical (unpaired) electrons. The van der Waals surface area contributed by atoms with Gasteiger partial charge in [-0.2, -0.15) is 10.4 Å². The second-order valence-electron chi connectivity index (χ2n) is 6.87. The van der Waals surface area contributed by atoms with Crippen LogP contribution in [0.25, 0.3) is 16.9 Å². The van der Waals surface area contributed by atoms with E-state index in [1.807, 2.05) is 6.07 Å². The van der Waals surface area contributed by atoms with Gasteiger partial charge in [0, 0.05) is 18.2 Å². The molecule has 0 saturated carbocycles. The lowest BCUT2D eigenvalue weighted by atomic mass is 10.1. The van der Waals surface area contributed by atoms with Gasteiger partial charge in [0.15, 0.2) is 15.6 Å². The van der Waals surface area contributed by atoms with Gasteiger partial charge >= 0.3 is 0 Å². The molecule has 0 bridgehead atoms. The molecular formula is C21H18N4O6S. The van der Waals surface area contributed by atoms with Crippen molar-refractivity contribution in [3.63, 3.8) is 0 Å². The highest BCUT2D eigenvalue weighted by Gasteiger charge is 2.18. The molecule has 11 heteroatoms. The summed E-state index contributed by atoms with van der Waals surface area (Å²) >= 11 is 0. The number of hydrogen-bond donors (Lipinski definition) is 0. The minimum absolute atomic E-state index is 0.00464. The first-order valence-corrected chi connectivity index (χ1v) is 11.3. The molecule has 3 aromatic rings. The highest BCUT2D eigenvalue weighted by Crippen LogP contribution is 2.26. The van der Waals surface area contributed by atoms with Gasteiger partial charge in [0.25, 0.3) is 5.09 Å². The zero-order valence-corrected chi connectivity index (χ0v) is 17.8. The molecule has 1 heterocycles. The van der Waals surface area contributed by atoms with Gasteiger partial charge in [-0.05, 0) is 48.9 Å². The van der Waals surface area contributed by atoms with Crippen LogP contribution >= 0.6 is 0 Å². The molecule has 0 fully saturated rings. The Kier molecular flexibility index (Phi) is 6.65. The third kappa shape index (κ3) is 5.35. The van der Waals surface area contributed by atoms with Crippen LogP contribution in [0.5, 0.6) is 0 Å². The maximum atomic E-state index is 12.6. The van der Waals surface area contributed by atoms with Crippen LogP contribution in [0.2, 0.25) is 0 Å². The van der Waals surface area contributed by atoms with E-state index in [1.54, 1.807) is 42.5 Å². The summed E-state index contributed by atoms with van der Waals surface area (Å²) in [6.07, 6.45) is 1.27. The minimum atomic E-state index is -3.37. The SMILES string of the molecule is CS(=O)(=O)c1ccc(-c2cc(C(=O)CCCO[N+](=O)[O-])nn2-c2ccc(C#N)cc2)cc1. The number of ketones is 1. The number of nitriles is 1. The lowest BCUT2D eigenvalue weighted by molar-refractivity contribution is -0.757. The molecule has 0 saturated heterocycles. The van der Waals surface area contributed by atoms with Gasteiger partial charge in [-0.1, -0.05) is 12.1 Å². The molecule has 0 spiro atoms. The summed E-state index contributed by atoms with van der Waals surface area (Å²) in [6, 6.07) is 16.4. The predicted octanol–water partition coefficient (Wildman–Crippen LogP) is 2.99. The molecule has 164 valence electrons. The van der Waals surface area contributed by atoms with Crippen LogP contribution in [0.3, 0.4) is 0 Å². The number of nitrogens with zero attached hydrogens (tertiary/aromatic N) is 4. The standard InChI is InChI=1S/C21H18N4O6S/c1-32(29,30)18-10-6-16(7-11-18)20-13-19(21(26)3-2-12-31-25(27)28)23-24(20)17-8-4-15(14-22)5-9-17/h4-11,13H,2-3,12H2,1H3. The monoisotopic (exact) mass is 454 g/mol. The number of carbonyl (C=O) groups excluding carboxylic acids is 1. The number of carbonyl (C=O) groups is 1. The Morgan fingerprint density at radius 2 is 1.84 bits per heavy atom. The van der Waals surface area contributed by atoms with E-state index in [4.69, 9.17) is 5.26 Å². The molecular weight excluding hydrogens is 436 g/mol. The Morgan fingerprint density at radius 1 is 1.19 bits per heavy atom. The fourth-order valence-electron chi connectivity index (χ4n) is 2.97. The van der Waals surface area contributed by atoms with Crippen LogP contribution in [0.1, 0.15) is 28.9 Å². The molecule has 0 aliphatic rings. The van der Waals surface area contributed by atoms with Crippen molar-refractivity contribution >= 4 is 15.6 Å². The van der Waals surface area contributed by atoms with E-state index in [0.717, 1.165) is 6.26 Å². The summed E-state index contributed by atoms with van der Waals surface area (Å²) in [4.78, 5) is 27.2. The minimum Gasteiger partial charge on any atom is -0.314 e. The molecule has 0 atom stereocenters. The van der Waals surface area contributed by atoms with Crippen molar-refractivity contribution in [2.24, 2.45) is 0 Å². The quantitative estimate of drug-likeness (QED) is 0.208. The number of rotatable bonds is 9. The largest absolute Gasteiger partial charge is 0.314 e. The fraction of sp³-hybridized carbons (Fsp3) is 0.190. The van der Waals surface area contributed by atoms with E-state index in [-0.39, 0.29) is 35.8 Å². The summed E-state index contributed by atoms with van der Waals surface area (Å²) < 4.78 is 25.0. The molecule has 0 N–H and O–H groups in total. The van der Waals surface area contributed by atoms with Gasteiger partial charge in [0.1, 0.15) is 5.69 Å². The third-order valence-electron chi connectivity index (χ3n) is 4.56. The lowest BCUT2D eigenvalue weighted by Crippen LogP contribution is -2.07. The third-order valence-corrected chi connectivity index (χ3v) is 5.69. The maximum absolute atomic E-state index is 12.6. The molecule has 32 heavy (non-hydrogen) atoms. The van der Waals surface area contributed by atoms with E-state index >= 15 is 0 Å². The van der Waals surface area contributed by atoms with Crippen LogP contribution < -0.4 is 0 Å². The molecule has 3 rings (SSSR count). The first-order chi connectivity index (χ1) is 15.2. The second kappa shape index (κ2) is 9.40. The Balaban J connectivity index is 1.97. The molecule has 0 amide bonds. The van der Waals surface area contributed by atoms with Gasteiger partial charge in [-0.3, -0.25) is 4.79 Å². The van der Waals surface area contributed by atoms with Crippen molar-refractivity contribution in [1.82, 2.24) is 9.78 Å². The number of Topliss-reactive ketones (excluding diaryl/α,β-unsaturated/α-hetero) is 1. The number of aromatic nitrogens is 2. The van der Waals surface area contributed by atoms with Crippen molar-refractivity contribution < 1.29 is 23.1 Å². The molecule has 10 nitrogen and oxygen atoms in total. The lowest BCUT2D eigenvalue weighted by Gasteiger charge is -2.08. The van der Waals surface area contributed by atoms with Crippen LogP contribution in [-0.2, 0) is 14.7 Å². The van der Waals surface area contributed by atoms with E-state index in [9.17, 15) is 23.3 Å². The molecule has 0 aliphatic heterocycles. The van der Waals surface area contributed by atoms with Crippen LogP contribution in [-0.4, -0.2) is 41.9 Å². The predicted molar refractivity (Wildman–Crippen MR) is 113 cm³/mol. The van der Waals surface area contributed by atoms with Gasteiger partial charge in [0.2, 0.25) is 0 Å². The molecule has 0 unspecified atom stereocenters. The fourth-order valence-corrected chi connectivity index (χ4v) is 3.60. The second-order valence-corrected chi connectivity index (χ2v) is 8.88. The normalized spacial score (nSPS) is 11.0. The summed E-state index contributed by atoms with van der Waals surface area (Å²) in [5.41, 5.74) is 2.38. The van der Waals surface area contributed by atoms with Crippen LogP contribution in [0.4, 0.5) is 0 Å². The number of benzene rings is 2. The highest BCUT2D eigenvalue weighted by atomic mass is 32.2. The molecule has 1 aromatic heterocycles. The molecule has 0 aliphatic carbocycles. The Hall–Kier alpha value is -4.04. The van der Waals surface area contributed by atoms with E-state index in [1.165, 1.54) is 16.8 Å². The van der Waals surface area contributed by atoms with Crippen LogP contribution in [0.15, 0.2) is 59.5 Å². The average Bonchev–Trinajstić information content (AvgIpc) is 3.21. The number of hydrogen-bond acceptors (Lipinski definition) is 8. The number of sulfone groups is 1. The molecule has 2 aromatic carbocycles. The van der Waals surface area contributed by atoms with Crippen molar-refractivity contribution in [3.8, 4) is 23.0 Å². The smallest absolute Gasteiger partial charge is 0.294 e. The zero-order valence-electron chi connectivity index (χ0n) is 17.0. The maximum Gasteiger partial charge on any atom is 0.294 e. The van der Waals surface area contributed by atoms with Crippen LogP contribution in [0, 0.1) is 21.4 Å². The van der Waals surface area contributed by atoms with Crippen molar-refractivity contribution in [3.05, 3.63) is 76.0 Å². The van der Waals surface area contributed by atoms with Gasteiger partial charge in [-0.15, -0.1) is 10.1 Å². The topological polar surface area (TPSA) is 145 Å². The highest BCUT2D eigenvalue weighted by molar-refractivity contribution is 7.90. The Morgan fingerprint density at radius 3 is 2.41 bits per heavy atom. The van der Waals surface area contributed by atoms with Gasteiger partial charge < -0.3 is 4.84 Å². The first-order valence-electron chi connectivity index (χ1n) is 9.40.